The van der Waals surface area contributed by atoms with E-state index >= 15 is 0 Å². The summed E-state index contributed by atoms with van der Waals surface area (Å²) in [5.41, 5.74) is 1.16. The number of nitrogens with zero attached hydrogens (tertiary/aromatic N) is 2. The van der Waals surface area contributed by atoms with Crippen LogP contribution in [0.5, 0.6) is 0 Å². The Bertz CT molecular complexity index is 543. The molecule has 0 radical (unpaired) electrons. The molecule has 0 aromatic heterocycles. The maximum absolute atomic E-state index is 11.4. The molecule has 6 nitrogen and oxygen atoms in total. The lowest BCUT2D eigenvalue weighted by atomic mass is 10.2. The minimum Gasteiger partial charge on any atom is -0.273 e. The van der Waals surface area contributed by atoms with Crippen LogP contribution in [0.1, 0.15) is 41.5 Å². The van der Waals surface area contributed by atoms with Gasteiger partial charge in [-0.25, -0.2) is 0 Å². The number of hydrogen-bond donors (Lipinski definition) is 0. The largest absolute Gasteiger partial charge is 0.273 e. The highest BCUT2D eigenvalue weighted by Crippen LogP contribution is 2.21. The molecule has 0 spiro atoms. The van der Waals surface area contributed by atoms with Gasteiger partial charge >= 0.3 is 0 Å². The van der Waals surface area contributed by atoms with Gasteiger partial charge in [0.05, 0.1) is 0 Å². The Balaban J connectivity index is 0.000000224. The van der Waals surface area contributed by atoms with Crippen LogP contribution in [0.15, 0.2) is 23.3 Å². The molecule has 2 rings (SSSR count). The van der Waals surface area contributed by atoms with Crippen molar-refractivity contribution >= 4 is 23.6 Å². The first-order valence-electron chi connectivity index (χ1n) is 7.20. The molecule has 0 unspecified atom stereocenters. The average Bonchev–Trinajstić information content (AvgIpc) is 2.84. The molecule has 0 aliphatic carbocycles. The lowest BCUT2D eigenvalue weighted by Gasteiger charge is -2.18. The van der Waals surface area contributed by atoms with E-state index in [1.165, 1.54) is 22.0 Å². The summed E-state index contributed by atoms with van der Waals surface area (Å²) in [6, 6.07) is -0.0765. The molecule has 0 saturated heterocycles. The van der Waals surface area contributed by atoms with Gasteiger partial charge in [0.25, 0.3) is 23.6 Å². The molecule has 0 N–H and O–H groups in total. The highest BCUT2D eigenvalue weighted by atomic mass is 16.2. The van der Waals surface area contributed by atoms with Crippen molar-refractivity contribution in [2.75, 3.05) is 0 Å². The molecule has 120 valence electrons. The van der Waals surface area contributed by atoms with Crippen LogP contribution >= 0.6 is 0 Å². The van der Waals surface area contributed by atoms with Gasteiger partial charge in [0.15, 0.2) is 0 Å². The van der Waals surface area contributed by atoms with E-state index in [-0.39, 0.29) is 35.7 Å². The first kappa shape index (κ1) is 17.8. The van der Waals surface area contributed by atoms with Crippen molar-refractivity contribution in [1.29, 1.82) is 0 Å². The van der Waals surface area contributed by atoms with Gasteiger partial charge in [-0.1, -0.05) is 0 Å². The predicted molar refractivity (Wildman–Crippen MR) is 81.5 cm³/mol. The Labute approximate surface area is 130 Å². The second-order valence-corrected chi connectivity index (χ2v) is 5.80. The first-order chi connectivity index (χ1) is 10.1. The molecule has 0 atom stereocenters. The number of carbonyl (C=O) groups excluding carboxylic acids is 4. The van der Waals surface area contributed by atoms with E-state index < -0.39 is 0 Å². The Morgan fingerprint density at radius 2 is 1.00 bits per heavy atom. The normalized spacial score (nSPS) is 18.2. The summed E-state index contributed by atoms with van der Waals surface area (Å²) < 4.78 is 0. The summed E-state index contributed by atoms with van der Waals surface area (Å²) in [5.74, 6) is -0.708. The Morgan fingerprint density at radius 3 is 1.18 bits per heavy atom. The van der Waals surface area contributed by atoms with E-state index in [1.807, 2.05) is 27.7 Å². The van der Waals surface area contributed by atoms with Crippen LogP contribution in [0.4, 0.5) is 0 Å². The molecule has 0 aromatic carbocycles. The summed E-state index contributed by atoms with van der Waals surface area (Å²) in [4.78, 5) is 47.0. The summed E-state index contributed by atoms with van der Waals surface area (Å²) >= 11 is 0. The van der Waals surface area contributed by atoms with Crippen molar-refractivity contribution in [2.24, 2.45) is 0 Å². The van der Waals surface area contributed by atoms with E-state index in [9.17, 15) is 19.2 Å². The van der Waals surface area contributed by atoms with E-state index in [2.05, 4.69) is 0 Å². The number of imide groups is 2. The molecule has 0 bridgehead atoms. The predicted octanol–water partition coefficient (Wildman–Crippen LogP) is 1.42. The van der Waals surface area contributed by atoms with Gasteiger partial charge in [-0.2, -0.15) is 0 Å². The lowest BCUT2D eigenvalue weighted by molar-refractivity contribution is -0.140. The number of hydrogen-bond acceptors (Lipinski definition) is 4. The molecule has 4 amide bonds. The first-order valence-corrected chi connectivity index (χ1v) is 7.20. The molecule has 2 aliphatic heterocycles. The zero-order valence-electron chi connectivity index (χ0n) is 13.8. The molecule has 0 aromatic rings. The van der Waals surface area contributed by atoms with Crippen molar-refractivity contribution in [2.45, 2.75) is 53.6 Å². The standard InChI is InChI=1S/C9H13NO2.C7H9NO2/c1-5(2)10-8(11)6(3)7(4)9(10)12;1-5(2)8-6(9)3-4-7(8)10/h5H,1-4H3;3-5H,1-2H3. The van der Waals surface area contributed by atoms with Crippen LogP contribution in [0.25, 0.3) is 0 Å². The molecular formula is C16H22N2O4. The Morgan fingerprint density at radius 1 is 0.682 bits per heavy atom. The van der Waals surface area contributed by atoms with Crippen LogP contribution in [-0.4, -0.2) is 45.5 Å². The molecule has 6 heteroatoms. The van der Waals surface area contributed by atoms with Crippen LogP contribution in [-0.2, 0) is 19.2 Å². The van der Waals surface area contributed by atoms with Gasteiger partial charge in [-0.05, 0) is 41.5 Å². The van der Waals surface area contributed by atoms with E-state index in [1.54, 1.807) is 13.8 Å². The molecule has 2 aliphatic rings. The fourth-order valence-corrected chi connectivity index (χ4v) is 2.16. The maximum Gasteiger partial charge on any atom is 0.257 e. The zero-order chi connectivity index (χ0) is 17.2. The van der Waals surface area contributed by atoms with Crippen molar-refractivity contribution < 1.29 is 19.2 Å². The minimum atomic E-state index is -0.208. The third-order valence-corrected chi connectivity index (χ3v) is 3.52. The quantitative estimate of drug-likeness (QED) is 0.723. The maximum atomic E-state index is 11.4. The number of amides is 4. The van der Waals surface area contributed by atoms with Crippen molar-refractivity contribution in [3.8, 4) is 0 Å². The Kier molecular flexibility index (Phi) is 5.41. The third kappa shape index (κ3) is 3.32. The van der Waals surface area contributed by atoms with Crippen LogP contribution in [0.2, 0.25) is 0 Å². The zero-order valence-corrected chi connectivity index (χ0v) is 13.8. The summed E-state index contributed by atoms with van der Waals surface area (Å²) in [6.07, 6.45) is 2.59. The van der Waals surface area contributed by atoms with Crippen molar-refractivity contribution in [1.82, 2.24) is 9.80 Å². The van der Waals surface area contributed by atoms with E-state index in [0.717, 1.165) is 0 Å². The second kappa shape index (κ2) is 6.68. The molecule has 0 saturated carbocycles. The fourth-order valence-electron chi connectivity index (χ4n) is 2.16. The molecule has 2 heterocycles. The highest BCUT2D eigenvalue weighted by molar-refractivity contribution is 6.18. The van der Waals surface area contributed by atoms with Crippen molar-refractivity contribution in [3.05, 3.63) is 23.3 Å². The Hall–Kier alpha value is -2.24. The third-order valence-electron chi connectivity index (χ3n) is 3.52. The molecule has 22 heavy (non-hydrogen) atoms. The molecular weight excluding hydrogens is 284 g/mol. The van der Waals surface area contributed by atoms with Crippen LogP contribution < -0.4 is 0 Å². The van der Waals surface area contributed by atoms with E-state index in [4.69, 9.17) is 0 Å². The smallest absolute Gasteiger partial charge is 0.257 e. The van der Waals surface area contributed by atoms with Gasteiger partial charge in [-0.3, -0.25) is 29.0 Å². The molecule has 0 fully saturated rings. The van der Waals surface area contributed by atoms with Gasteiger partial charge in [0, 0.05) is 35.4 Å². The summed E-state index contributed by atoms with van der Waals surface area (Å²) in [6.45, 7) is 10.7. The van der Waals surface area contributed by atoms with Crippen LogP contribution in [0.3, 0.4) is 0 Å². The highest BCUT2D eigenvalue weighted by Gasteiger charge is 2.34. The number of carbonyl (C=O) groups is 4. The minimum absolute atomic E-state index is 0.0324. The SMILES string of the molecule is CC(C)N1C(=O)C=CC1=O.CC1=C(C)C(=O)N(C(C)C)C1=O. The fraction of sp³-hybridized carbons (Fsp3) is 0.500. The second-order valence-electron chi connectivity index (χ2n) is 5.80. The van der Waals surface area contributed by atoms with Crippen LogP contribution in [0, 0.1) is 0 Å². The van der Waals surface area contributed by atoms with Crippen molar-refractivity contribution in [3.63, 3.8) is 0 Å². The number of rotatable bonds is 2. The van der Waals surface area contributed by atoms with Gasteiger partial charge < -0.3 is 0 Å². The lowest BCUT2D eigenvalue weighted by Crippen LogP contribution is -2.37. The summed E-state index contributed by atoms with van der Waals surface area (Å²) in [7, 11) is 0. The monoisotopic (exact) mass is 306 g/mol. The van der Waals surface area contributed by atoms with Gasteiger partial charge in [0.1, 0.15) is 0 Å². The topological polar surface area (TPSA) is 74.8 Å². The van der Waals surface area contributed by atoms with E-state index in [0.29, 0.717) is 11.1 Å². The van der Waals surface area contributed by atoms with Gasteiger partial charge in [-0.15, -0.1) is 0 Å². The summed E-state index contributed by atoms with van der Waals surface area (Å²) in [5, 5.41) is 0. The van der Waals surface area contributed by atoms with Gasteiger partial charge in [0.2, 0.25) is 0 Å². The average molecular weight is 306 g/mol.